The summed E-state index contributed by atoms with van der Waals surface area (Å²) in [6.45, 7) is 2.11. The van der Waals surface area contributed by atoms with Gasteiger partial charge in [0.2, 0.25) is 0 Å². The Morgan fingerprint density at radius 2 is 1.78 bits per heavy atom. The summed E-state index contributed by atoms with van der Waals surface area (Å²) in [6.07, 6.45) is 6.15. The molecule has 0 amide bonds. The van der Waals surface area contributed by atoms with Gasteiger partial charge in [0.15, 0.2) is 0 Å². The molecule has 0 fully saturated rings. The highest BCUT2D eigenvalue weighted by Gasteiger charge is 1.96. The van der Waals surface area contributed by atoms with E-state index in [-0.39, 0.29) is 0 Å². The van der Waals surface area contributed by atoms with Crippen molar-refractivity contribution >= 4 is 17.4 Å². The molecule has 0 spiro atoms. The van der Waals surface area contributed by atoms with Crippen LogP contribution in [0, 0.1) is 0 Å². The highest BCUT2D eigenvalue weighted by molar-refractivity contribution is 7.98. The molecule has 0 radical (unpaired) electrons. The molecule has 0 aromatic heterocycles. The summed E-state index contributed by atoms with van der Waals surface area (Å²) in [4.78, 5) is 2.13. The average Bonchev–Trinajstić information content (AvgIpc) is 2.38. The summed E-state index contributed by atoms with van der Waals surface area (Å²) < 4.78 is 0. The average molecular weight is 266 g/mol. The lowest BCUT2D eigenvalue weighted by molar-refractivity contribution is 0.618. The van der Waals surface area contributed by atoms with E-state index in [0.717, 1.165) is 13.1 Å². The van der Waals surface area contributed by atoms with Crippen LogP contribution in [0.5, 0.6) is 0 Å². The third-order valence-electron chi connectivity index (χ3n) is 2.98. The van der Waals surface area contributed by atoms with Gasteiger partial charge < -0.3 is 10.2 Å². The molecule has 3 heteroatoms. The number of nitrogens with one attached hydrogen (secondary N) is 1. The quantitative estimate of drug-likeness (QED) is 0.690. The smallest absolute Gasteiger partial charge is 0.0361 e. The van der Waals surface area contributed by atoms with E-state index in [1.54, 1.807) is 0 Å². The molecule has 0 aliphatic heterocycles. The van der Waals surface area contributed by atoms with E-state index >= 15 is 0 Å². The van der Waals surface area contributed by atoms with Gasteiger partial charge >= 0.3 is 0 Å². The van der Waals surface area contributed by atoms with Gasteiger partial charge in [0.05, 0.1) is 0 Å². The Morgan fingerprint density at radius 3 is 2.39 bits per heavy atom. The number of hydrogen-bond acceptors (Lipinski definition) is 3. The molecule has 0 aliphatic carbocycles. The van der Waals surface area contributed by atoms with E-state index in [0.29, 0.717) is 0 Å². The maximum Gasteiger partial charge on any atom is 0.0361 e. The Balaban J connectivity index is 2.12. The second kappa shape index (κ2) is 9.29. The van der Waals surface area contributed by atoms with Crippen LogP contribution >= 0.6 is 11.8 Å². The van der Waals surface area contributed by atoms with Gasteiger partial charge in [0, 0.05) is 26.3 Å². The van der Waals surface area contributed by atoms with E-state index < -0.39 is 0 Å². The number of anilines is 1. The van der Waals surface area contributed by atoms with Gasteiger partial charge in [-0.25, -0.2) is 0 Å². The zero-order chi connectivity index (χ0) is 13.2. The molecule has 0 aliphatic rings. The van der Waals surface area contributed by atoms with Gasteiger partial charge in [-0.2, -0.15) is 11.8 Å². The Kier molecular flexibility index (Phi) is 7.94. The molecule has 1 rings (SSSR count). The molecule has 1 N–H and O–H groups in total. The van der Waals surface area contributed by atoms with Crippen LogP contribution in [0.4, 0.5) is 5.69 Å². The van der Waals surface area contributed by atoms with Gasteiger partial charge in [-0.3, -0.25) is 0 Å². The van der Waals surface area contributed by atoms with E-state index in [4.69, 9.17) is 0 Å². The number of benzene rings is 1. The lowest BCUT2D eigenvalue weighted by Gasteiger charge is -2.12. The van der Waals surface area contributed by atoms with Crippen LogP contribution in [0.25, 0.3) is 0 Å². The van der Waals surface area contributed by atoms with Crippen molar-refractivity contribution in [1.82, 2.24) is 5.32 Å². The summed E-state index contributed by atoms with van der Waals surface area (Å²) in [5, 5.41) is 3.51. The van der Waals surface area contributed by atoms with E-state index in [1.165, 1.54) is 36.3 Å². The van der Waals surface area contributed by atoms with E-state index in [9.17, 15) is 0 Å². The lowest BCUT2D eigenvalue weighted by atomic mass is 10.2. The molecule has 1 aromatic carbocycles. The number of rotatable bonds is 9. The summed E-state index contributed by atoms with van der Waals surface area (Å²) in [5.41, 5.74) is 2.63. The zero-order valence-corrected chi connectivity index (χ0v) is 12.7. The topological polar surface area (TPSA) is 15.3 Å². The molecule has 0 unspecified atom stereocenters. The summed E-state index contributed by atoms with van der Waals surface area (Å²) >= 11 is 1.94. The Hall–Kier alpha value is -0.670. The first kappa shape index (κ1) is 15.4. The molecular weight excluding hydrogens is 240 g/mol. The fraction of sp³-hybridized carbons (Fsp3) is 0.600. The molecular formula is C15H26N2S. The van der Waals surface area contributed by atoms with Crippen LogP contribution in [-0.4, -0.2) is 32.6 Å². The minimum atomic E-state index is 0.982. The number of unbranched alkanes of at least 4 members (excludes halogenated alkanes) is 2. The van der Waals surface area contributed by atoms with Crippen LogP contribution in [-0.2, 0) is 6.54 Å². The molecule has 0 bridgehead atoms. The van der Waals surface area contributed by atoms with Gasteiger partial charge in [-0.05, 0) is 49.1 Å². The molecule has 1 aromatic rings. The SMILES string of the molecule is CSCCCCCNCc1ccc(N(C)C)cc1. The lowest BCUT2D eigenvalue weighted by Crippen LogP contribution is -2.15. The molecule has 0 saturated heterocycles. The van der Waals surface area contributed by atoms with Crippen molar-refractivity contribution in [2.24, 2.45) is 0 Å². The zero-order valence-electron chi connectivity index (χ0n) is 11.9. The van der Waals surface area contributed by atoms with Crippen molar-refractivity contribution in [2.75, 3.05) is 37.5 Å². The Bertz CT molecular complexity index is 309. The summed E-state index contributed by atoms with van der Waals surface area (Å²) in [6, 6.07) is 8.76. The van der Waals surface area contributed by atoms with Crippen LogP contribution in [0.1, 0.15) is 24.8 Å². The molecule has 0 saturated carbocycles. The molecule has 0 atom stereocenters. The van der Waals surface area contributed by atoms with Crippen molar-refractivity contribution in [3.05, 3.63) is 29.8 Å². The number of thioether (sulfide) groups is 1. The van der Waals surface area contributed by atoms with E-state index in [2.05, 4.69) is 54.8 Å². The molecule has 0 heterocycles. The van der Waals surface area contributed by atoms with Crippen molar-refractivity contribution in [1.29, 1.82) is 0 Å². The number of nitrogens with zero attached hydrogens (tertiary/aromatic N) is 1. The fourth-order valence-electron chi connectivity index (χ4n) is 1.82. The van der Waals surface area contributed by atoms with Crippen LogP contribution in [0.3, 0.4) is 0 Å². The first-order valence-electron chi connectivity index (χ1n) is 6.70. The summed E-state index contributed by atoms with van der Waals surface area (Å²) in [5.74, 6) is 1.30. The monoisotopic (exact) mass is 266 g/mol. The first-order chi connectivity index (χ1) is 8.74. The van der Waals surface area contributed by atoms with Gasteiger partial charge in [0.25, 0.3) is 0 Å². The van der Waals surface area contributed by atoms with Crippen molar-refractivity contribution < 1.29 is 0 Å². The molecule has 2 nitrogen and oxygen atoms in total. The predicted octanol–water partition coefficient (Wildman–Crippen LogP) is 3.38. The van der Waals surface area contributed by atoms with Gasteiger partial charge in [0.1, 0.15) is 0 Å². The summed E-state index contributed by atoms with van der Waals surface area (Å²) in [7, 11) is 4.14. The largest absolute Gasteiger partial charge is 0.378 e. The van der Waals surface area contributed by atoms with Crippen LogP contribution in [0.15, 0.2) is 24.3 Å². The van der Waals surface area contributed by atoms with Gasteiger partial charge in [-0.15, -0.1) is 0 Å². The van der Waals surface area contributed by atoms with Crippen LogP contribution < -0.4 is 10.2 Å². The first-order valence-corrected chi connectivity index (χ1v) is 8.09. The van der Waals surface area contributed by atoms with Crippen molar-refractivity contribution in [3.8, 4) is 0 Å². The maximum absolute atomic E-state index is 3.51. The van der Waals surface area contributed by atoms with E-state index in [1.807, 2.05) is 11.8 Å². The third kappa shape index (κ3) is 6.31. The Labute approximate surface area is 116 Å². The molecule has 18 heavy (non-hydrogen) atoms. The van der Waals surface area contributed by atoms with Crippen molar-refractivity contribution in [2.45, 2.75) is 25.8 Å². The predicted molar refractivity (Wildman–Crippen MR) is 84.7 cm³/mol. The third-order valence-corrected chi connectivity index (χ3v) is 3.68. The van der Waals surface area contributed by atoms with Gasteiger partial charge in [-0.1, -0.05) is 18.6 Å². The minimum absolute atomic E-state index is 0.982. The highest BCUT2D eigenvalue weighted by atomic mass is 32.2. The highest BCUT2D eigenvalue weighted by Crippen LogP contribution is 2.11. The normalized spacial score (nSPS) is 10.6. The standard InChI is InChI=1S/C15H26N2S/c1-17(2)15-9-7-14(8-10-15)13-16-11-5-4-6-12-18-3/h7-10,16H,4-6,11-13H2,1-3H3. The van der Waals surface area contributed by atoms with Crippen molar-refractivity contribution in [3.63, 3.8) is 0 Å². The second-order valence-electron chi connectivity index (χ2n) is 4.79. The fourth-order valence-corrected chi connectivity index (χ4v) is 2.31. The second-order valence-corrected chi connectivity index (χ2v) is 5.78. The maximum atomic E-state index is 3.51. The Morgan fingerprint density at radius 1 is 1.06 bits per heavy atom. The minimum Gasteiger partial charge on any atom is -0.378 e. The number of hydrogen-bond donors (Lipinski definition) is 1. The molecule has 102 valence electrons. The van der Waals surface area contributed by atoms with Crippen LogP contribution in [0.2, 0.25) is 0 Å².